The van der Waals surface area contributed by atoms with Crippen molar-refractivity contribution in [1.82, 2.24) is 9.47 Å². The minimum absolute atomic E-state index is 0.362. The van der Waals surface area contributed by atoms with Crippen molar-refractivity contribution >= 4 is 10.9 Å². The normalized spacial score (nSPS) is 14.7. The van der Waals surface area contributed by atoms with Crippen molar-refractivity contribution in [3.63, 3.8) is 0 Å². The Morgan fingerprint density at radius 1 is 1.07 bits per heavy atom. The third-order valence-corrected chi connectivity index (χ3v) is 5.00. The number of halogens is 3. The molecule has 0 saturated carbocycles. The predicted octanol–water partition coefficient (Wildman–Crippen LogP) is 4.81. The molecule has 3 aromatic rings. The summed E-state index contributed by atoms with van der Waals surface area (Å²) < 4.78 is 40.7. The van der Waals surface area contributed by atoms with Gasteiger partial charge in [-0.1, -0.05) is 17.7 Å². The summed E-state index contributed by atoms with van der Waals surface area (Å²) in [5, 5.41) is 1.18. The first-order chi connectivity index (χ1) is 12.8. The van der Waals surface area contributed by atoms with Crippen molar-refractivity contribution in [3.8, 4) is 12.0 Å². The lowest BCUT2D eigenvalue weighted by Gasteiger charge is -2.23. The fourth-order valence-corrected chi connectivity index (χ4v) is 3.63. The van der Waals surface area contributed by atoms with Crippen LogP contribution in [-0.2, 0) is 19.1 Å². The average Bonchev–Trinajstić information content (AvgIpc) is 2.92. The highest BCUT2D eigenvalue weighted by molar-refractivity contribution is 5.87. The van der Waals surface area contributed by atoms with E-state index in [0.29, 0.717) is 5.56 Å². The Hall–Kier alpha value is -2.71. The van der Waals surface area contributed by atoms with Crippen LogP contribution in [0.1, 0.15) is 27.9 Å². The second-order valence-corrected chi connectivity index (χ2v) is 7.08. The van der Waals surface area contributed by atoms with E-state index in [1.54, 1.807) is 6.07 Å². The highest BCUT2D eigenvalue weighted by atomic mass is 19.4. The van der Waals surface area contributed by atoms with Gasteiger partial charge in [-0.05, 0) is 55.8 Å². The van der Waals surface area contributed by atoms with Gasteiger partial charge in [0.15, 0.2) is 0 Å². The average molecular weight is 368 g/mol. The van der Waals surface area contributed by atoms with E-state index in [2.05, 4.69) is 36.9 Å². The number of aryl methyl sites for hydroxylation is 1. The van der Waals surface area contributed by atoms with Crippen LogP contribution < -0.4 is 0 Å². The Kier molecular flexibility index (Phi) is 4.24. The number of benzene rings is 2. The van der Waals surface area contributed by atoms with E-state index in [4.69, 9.17) is 0 Å². The van der Waals surface area contributed by atoms with Crippen molar-refractivity contribution in [2.24, 2.45) is 0 Å². The van der Waals surface area contributed by atoms with Gasteiger partial charge in [0.2, 0.25) is 0 Å². The van der Waals surface area contributed by atoms with Crippen molar-refractivity contribution in [3.05, 3.63) is 70.4 Å². The highest BCUT2D eigenvalue weighted by Gasteiger charge is 2.30. The van der Waals surface area contributed by atoms with Crippen molar-refractivity contribution in [2.75, 3.05) is 13.6 Å². The molecule has 2 nitrogen and oxygen atoms in total. The molecule has 5 heteroatoms. The lowest BCUT2D eigenvalue weighted by molar-refractivity contribution is -0.137. The number of fused-ring (bicyclic) bond motifs is 3. The third kappa shape index (κ3) is 3.33. The Morgan fingerprint density at radius 2 is 1.89 bits per heavy atom. The Bertz CT molecular complexity index is 1080. The monoisotopic (exact) mass is 368 g/mol. The van der Waals surface area contributed by atoms with Gasteiger partial charge < -0.3 is 4.90 Å². The summed E-state index contributed by atoms with van der Waals surface area (Å²) in [7, 11) is 2.09. The summed E-state index contributed by atoms with van der Waals surface area (Å²) in [6.07, 6.45) is -3.49. The fourth-order valence-electron chi connectivity index (χ4n) is 3.63. The second-order valence-electron chi connectivity index (χ2n) is 7.08. The maximum absolute atomic E-state index is 12.9. The first-order valence-corrected chi connectivity index (χ1v) is 8.83. The van der Waals surface area contributed by atoms with Crippen LogP contribution in [0, 0.1) is 18.9 Å². The SMILES string of the molecule is Cc1ccc2c(c1)c1c(n2C#Cc2cccc(C(F)(F)F)c2)CCN(C)C1. The number of aromatic nitrogens is 1. The summed E-state index contributed by atoms with van der Waals surface area (Å²) in [4.78, 5) is 2.27. The van der Waals surface area contributed by atoms with Gasteiger partial charge in [-0.3, -0.25) is 4.57 Å². The van der Waals surface area contributed by atoms with Gasteiger partial charge in [0.1, 0.15) is 0 Å². The Labute approximate surface area is 156 Å². The molecule has 0 radical (unpaired) electrons. The van der Waals surface area contributed by atoms with Gasteiger partial charge in [-0.25, -0.2) is 0 Å². The van der Waals surface area contributed by atoms with Crippen LogP contribution in [0.5, 0.6) is 0 Å². The van der Waals surface area contributed by atoms with Gasteiger partial charge >= 0.3 is 6.18 Å². The molecule has 0 fully saturated rings. The summed E-state index contributed by atoms with van der Waals surface area (Å²) >= 11 is 0. The number of nitrogens with zero attached hydrogens (tertiary/aromatic N) is 2. The first-order valence-electron chi connectivity index (χ1n) is 8.83. The molecule has 0 spiro atoms. The summed E-state index contributed by atoms with van der Waals surface area (Å²) in [6.45, 7) is 3.85. The first kappa shape index (κ1) is 17.7. The molecule has 4 rings (SSSR count). The van der Waals surface area contributed by atoms with Crippen LogP contribution in [0.4, 0.5) is 13.2 Å². The maximum Gasteiger partial charge on any atom is 0.416 e. The number of hydrogen-bond acceptors (Lipinski definition) is 1. The van der Waals surface area contributed by atoms with Crippen LogP contribution in [0.15, 0.2) is 42.5 Å². The van der Waals surface area contributed by atoms with E-state index < -0.39 is 11.7 Å². The van der Waals surface area contributed by atoms with Crippen LogP contribution >= 0.6 is 0 Å². The third-order valence-electron chi connectivity index (χ3n) is 5.00. The molecule has 1 aromatic heterocycles. The molecule has 0 N–H and O–H groups in total. The predicted molar refractivity (Wildman–Crippen MR) is 100 cm³/mol. The van der Waals surface area contributed by atoms with E-state index >= 15 is 0 Å². The minimum Gasteiger partial charge on any atom is -0.302 e. The summed E-state index contributed by atoms with van der Waals surface area (Å²) in [6, 6.07) is 14.5. The summed E-state index contributed by atoms with van der Waals surface area (Å²) in [5.41, 5.74) is 4.31. The molecule has 2 aromatic carbocycles. The zero-order valence-electron chi connectivity index (χ0n) is 15.2. The quantitative estimate of drug-likeness (QED) is 0.517. The van der Waals surface area contributed by atoms with Crippen molar-refractivity contribution in [1.29, 1.82) is 0 Å². The molecule has 2 heterocycles. The molecule has 0 atom stereocenters. The Morgan fingerprint density at radius 3 is 2.67 bits per heavy atom. The molecule has 27 heavy (non-hydrogen) atoms. The molecule has 138 valence electrons. The van der Waals surface area contributed by atoms with E-state index in [1.807, 2.05) is 16.7 Å². The fraction of sp³-hybridized carbons (Fsp3) is 0.273. The standard InChI is InChI=1S/C22H19F3N2/c1-15-6-7-20-18(12-15)19-14-26(2)10-9-21(19)27(20)11-8-16-4-3-5-17(13-16)22(23,24)25/h3-7,12-13H,9-10,14H2,1-2H3. The molecule has 1 aliphatic rings. The minimum atomic E-state index is -4.36. The van der Waals surface area contributed by atoms with Gasteiger partial charge in [0, 0.05) is 42.2 Å². The molecule has 0 amide bonds. The Balaban J connectivity index is 1.84. The second kappa shape index (κ2) is 6.47. The topological polar surface area (TPSA) is 8.17 Å². The number of rotatable bonds is 0. The van der Waals surface area contributed by atoms with E-state index in [-0.39, 0.29) is 0 Å². The largest absolute Gasteiger partial charge is 0.416 e. The molecular formula is C22H19F3N2. The van der Waals surface area contributed by atoms with Crippen LogP contribution in [0.3, 0.4) is 0 Å². The smallest absolute Gasteiger partial charge is 0.302 e. The van der Waals surface area contributed by atoms with Crippen LogP contribution in [-0.4, -0.2) is 23.1 Å². The zero-order chi connectivity index (χ0) is 19.2. The molecule has 1 aliphatic heterocycles. The molecule has 0 aliphatic carbocycles. The van der Waals surface area contributed by atoms with E-state index in [9.17, 15) is 13.2 Å². The van der Waals surface area contributed by atoms with Crippen molar-refractivity contribution in [2.45, 2.75) is 26.1 Å². The van der Waals surface area contributed by atoms with Crippen LogP contribution in [0.2, 0.25) is 0 Å². The lowest BCUT2D eigenvalue weighted by atomic mass is 10.0. The molecule has 0 bridgehead atoms. The zero-order valence-corrected chi connectivity index (χ0v) is 15.2. The highest BCUT2D eigenvalue weighted by Crippen LogP contribution is 2.31. The van der Waals surface area contributed by atoms with E-state index in [0.717, 1.165) is 42.9 Å². The summed E-state index contributed by atoms with van der Waals surface area (Å²) in [5.74, 6) is 2.93. The van der Waals surface area contributed by atoms with Gasteiger partial charge in [-0.2, -0.15) is 13.2 Å². The van der Waals surface area contributed by atoms with Gasteiger partial charge in [0.25, 0.3) is 0 Å². The van der Waals surface area contributed by atoms with Crippen molar-refractivity contribution < 1.29 is 13.2 Å². The van der Waals surface area contributed by atoms with Crippen LogP contribution in [0.25, 0.3) is 10.9 Å². The number of likely N-dealkylation sites (N-methyl/N-ethyl adjacent to an activating group) is 1. The number of hydrogen-bond donors (Lipinski definition) is 0. The van der Waals surface area contributed by atoms with Gasteiger partial charge in [0.05, 0.1) is 11.1 Å². The molecular weight excluding hydrogens is 349 g/mol. The lowest BCUT2D eigenvalue weighted by Crippen LogP contribution is -2.27. The molecule has 0 saturated heterocycles. The molecule has 0 unspecified atom stereocenters. The van der Waals surface area contributed by atoms with E-state index in [1.165, 1.54) is 22.6 Å². The van der Waals surface area contributed by atoms with Gasteiger partial charge in [-0.15, -0.1) is 0 Å². The maximum atomic E-state index is 12.9. The number of alkyl halides is 3.